The minimum Gasteiger partial charge on any atom is -0.369 e. The van der Waals surface area contributed by atoms with Gasteiger partial charge in [0, 0.05) is 63.7 Å². The molecule has 1 N–H and O–H groups in total. The molecule has 0 amide bonds. The quantitative estimate of drug-likeness (QED) is 0.523. The Bertz CT molecular complexity index is 925. The predicted octanol–water partition coefficient (Wildman–Crippen LogP) is 3.40. The van der Waals surface area contributed by atoms with Crippen molar-refractivity contribution in [2.75, 3.05) is 81.2 Å². The molecule has 0 spiro atoms. The van der Waals surface area contributed by atoms with Crippen molar-refractivity contribution in [2.24, 2.45) is 0 Å². The summed E-state index contributed by atoms with van der Waals surface area (Å²) in [5.41, 5.74) is 5.49. The summed E-state index contributed by atoms with van der Waals surface area (Å²) < 4.78 is 58.5. The zero-order valence-electron chi connectivity index (χ0n) is 18.9. The van der Waals surface area contributed by atoms with Crippen LogP contribution in [0.1, 0.15) is 6.92 Å². The lowest BCUT2D eigenvalue weighted by atomic mass is 10.2. The summed E-state index contributed by atoms with van der Waals surface area (Å²) in [7, 11) is 1.99. The highest BCUT2D eigenvalue weighted by atomic mass is 19.1. The molecule has 2 heterocycles. The van der Waals surface area contributed by atoms with Gasteiger partial charge in [-0.2, -0.15) is 5.43 Å². The molecule has 179 valence electrons. The van der Waals surface area contributed by atoms with E-state index in [2.05, 4.69) is 27.6 Å². The van der Waals surface area contributed by atoms with Crippen LogP contribution in [0.15, 0.2) is 24.3 Å². The standard InChI is InChI=1S/C23H29F4N6/c1-3-31-6-10-33(11-7-31)17-14-20(26)23(21(27)15-17)29-28-22-18(24)12-16(13-19(22)25)32-8-4-30(2)5-9-32/h12-15,28H,3-11H2,1-2H3. The fourth-order valence-corrected chi connectivity index (χ4v) is 4.19. The van der Waals surface area contributed by atoms with Crippen molar-refractivity contribution < 1.29 is 17.6 Å². The van der Waals surface area contributed by atoms with E-state index in [-0.39, 0.29) is 0 Å². The topological polar surface area (TPSA) is 39.1 Å². The van der Waals surface area contributed by atoms with Crippen LogP contribution in [0.4, 0.5) is 40.3 Å². The van der Waals surface area contributed by atoms with Crippen molar-refractivity contribution in [3.05, 3.63) is 47.5 Å². The molecule has 0 aromatic heterocycles. The average molecular weight is 466 g/mol. The molecule has 0 bridgehead atoms. The number of piperazine rings is 2. The summed E-state index contributed by atoms with van der Waals surface area (Å²) >= 11 is 0. The normalized spacial score (nSPS) is 18.0. The van der Waals surface area contributed by atoms with Crippen molar-refractivity contribution in [1.82, 2.24) is 15.2 Å². The van der Waals surface area contributed by atoms with Gasteiger partial charge in [-0.25, -0.2) is 17.6 Å². The highest BCUT2D eigenvalue weighted by molar-refractivity contribution is 5.60. The molecule has 2 aromatic carbocycles. The van der Waals surface area contributed by atoms with Crippen molar-refractivity contribution >= 4 is 22.7 Å². The van der Waals surface area contributed by atoms with Gasteiger partial charge in [0.05, 0.1) is 0 Å². The first-order chi connectivity index (χ1) is 15.9. The Hall–Kier alpha value is -2.72. The first kappa shape index (κ1) is 23.4. The highest BCUT2D eigenvalue weighted by Gasteiger charge is 2.22. The van der Waals surface area contributed by atoms with Crippen LogP contribution in [-0.4, -0.2) is 75.8 Å². The number of hydrogen-bond acceptors (Lipinski definition) is 5. The van der Waals surface area contributed by atoms with E-state index < -0.39 is 34.6 Å². The SMILES string of the molecule is CCN1CCN(c2cc(F)c([N]Nc3c(F)cc(N4CCN(C)CC4)cc3F)c(F)c2)CC1. The van der Waals surface area contributed by atoms with Gasteiger partial charge in [0.2, 0.25) is 0 Å². The van der Waals surface area contributed by atoms with Crippen LogP contribution in [0, 0.1) is 23.3 Å². The van der Waals surface area contributed by atoms with Crippen LogP contribution in [0.3, 0.4) is 0 Å². The van der Waals surface area contributed by atoms with Crippen LogP contribution in [-0.2, 0) is 0 Å². The maximum Gasteiger partial charge on any atom is 0.155 e. The number of halogens is 4. The van der Waals surface area contributed by atoms with E-state index in [1.807, 2.05) is 16.8 Å². The molecule has 0 atom stereocenters. The number of anilines is 3. The van der Waals surface area contributed by atoms with Gasteiger partial charge in [0.15, 0.2) is 29.0 Å². The van der Waals surface area contributed by atoms with Crippen LogP contribution in [0.5, 0.6) is 0 Å². The largest absolute Gasteiger partial charge is 0.369 e. The zero-order chi connectivity index (χ0) is 23.5. The van der Waals surface area contributed by atoms with Gasteiger partial charge in [0.1, 0.15) is 5.69 Å². The molecule has 0 saturated carbocycles. The summed E-state index contributed by atoms with van der Waals surface area (Å²) in [6.07, 6.45) is 0. The third kappa shape index (κ3) is 5.27. The van der Waals surface area contributed by atoms with Gasteiger partial charge in [-0.05, 0) is 37.9 Å². The summed E-state index contributed by atoms with van der Waals surface area (Å²) in [5, 5.41) is 0. The van der Waals surface area contributed by atoms with Crippen molar-refractivity contribution in [1.29, 1.82) is 0 Å². The molecule has 2 fully saturated rings. The van der Waals surface area contributed by atoms with Gasteiger partial charge >= 0.3 is 0 Å². The van der Waals surface area contributed by atoms with Crippen molar-refractivity contribution in [3.63, 3.8) is 0 Å². The zero-order valence-corrected chi connectivity index (χ0v) is 18.9. The first-order valence-electron chi connectivity index (χ1n) is 11.2. The van der Waals surface area contributed by atoms with E-state index in [9.17, 15) is 17.6 Å². The van der Waals surface area contributed by atoms with Crippen molar-refractivity contribution in [2.45, 2.75) is 6.92 Å². The maximum absolute atomic E-state index is 14.6. The van der Waals surface area contributed by atoms with Crippen LogP contribution in [0.25, 0.3) is 0 Å². The van der Waals surface area contributed by atoms with Crippen LogP contribution < -0.4 is 20.7 Å². The Labute approximate surface area is 191 Å². The molecule has 1 radical (unpaired) electrons. The minimum atomic E-state index is -0.898. The molecule has 6 nitrogen and oxygen atoms in total. The second-order valence-corrected chi connectivity index (χ2v) is 8.48. The molecule has 2 saturated heterocycles. The fraction of sp³-hybridized carbons (Fsp3) is 0.478. The van der Waals surface area contributed by atoms with Crippen LogP contribution in [0.2, 0.25) is 0 Å². The molecule has 0 aliphatic carbocycles. The monoisotopic (exact) mass is 465 g/mol. The van der Waals surface area contributed by atoms with Gasteiger partial charge in [-0.1, -0.05) is 6.92 Å². The second-order valence-electron chi connectivity index (χ2n) is 8.48. The third-order valence-corrected chi connectivity index (χ3v) is 6.36. The number of likely N-dealkylation sites (N-methyl/N-ethyl adjacent to an activating group) is 2. The van der Waals surface area contributed by atoms with Gasteiger partial charge < -0.3 is 19.6 Å². The molecule has 0 unspecified atom stereocenters. The van der Waals surface area contributed by atoms with E-state index in [0.717, 1.165) is 32.7 Å². The van der Waals surface area contributed by atoms with E-state index in [1.54, 1.807) is 0 Å². The number of nitrogens with one attached hydrogen (secondary N) is 1. The molecule has 2 aliphatic rings. The van der Waals surface area contributed by atoms with E-state index in [0.29, 0.717) is 37.6 Å². The molecule has 2 aliphatic heterocycles. The molecular formula is C23H29F4N6. The average Bonchev–Trinajstić information content (AvgIpc) is 2.80. The Kier molecular flexibility index (Phi) is 7.14. The van der Waals surface area contributed by atoms with E-state index in [1.165, 1.54) is 24.3 Å². The summed E-state index contributed by atoms with van der Waals surface area (Å²) in [4.78, 5) is 8.20. The summed E-state index contributed by atoms with van der Waals surface area (Å²) in [6.45, 7) is 8.86. The van der Waals surface area contributed by atoms with Gasteiger partial charge in [-0.3, -0.25) is 5.43 Å². The minimum absolute atomic E-state index is 0.425. The lowest BCUT2D eigenvalue weighted by Gasteiger charge is -2.35. The molecule has 4 rings (SSSR count). The number of benzene rings is 2. The van der Waals surface area contributed by atoms with Crippen molar-refractivity contribution in [3.8, 4) is 0 Å². The number of nitrogens with zero attached hydrogens (tertiary/aromatic N) is 5. The predicted molar refractivity (Wildman–Crippen MR) is 122 cm³/mol. The highest BCUT2D eigenvalue weighted by Crippen LogP contribution is 2.30. The lowest BCUT2D eigenvalue weighted by Crippen LogP contribution is -2.46. The Balaban J connectivity index is 1.44. The fourth-order valence-electron chi connectivity index (χ4n) is 4.19. The first-order valence-corrected chi connectivity index (χ1v) is 11.2. The van der Waals surface area contributed by atoms with Gasteiger partial charge in [0.25, 0.3) is 0 Å². The Morgan fingerprint density at radius 1 is 0.727 bits per heavy atom. The molecule has 2 aromatic rings. The number of rotatable bonds is 6. The summed E-state index contributed by atoms with van der Waals surface area (Å²) in [6, 6.07) is 4.82. The van der Waals surface area contributed by atoms with E-state index >= 15 is 0 Å². The lowest BCUT2D eigenvalue weighted by molar-refractivity contribution is 0.271. The second kappa shape index (κ2) is 10.0. The smallest absolute Gasteiger partial charge is 0.155 e. The molecule has 33 heavy (non-hydrogen) atoms. The maximum atomic E-state index is 14.6. The van der Waals surface area contributed by atoms with E-state index in [4.69, 9.17) is 0 Å². The Morgan fingerprint density at radius 3 is 1.67 bits per heavy atom. The summed E-state index contributed by atoms with van der Waals surface area (Å²) in [5.74, 6) is -3.55. The molecular weight excluding hydrogens is 436 g/mol. The Morgan fingerprint density at radius 2 is 1.18 bits per heavy atom. The van der Waals surface area contributed by atoms with Crippen LogP contribution >= 0.6 is 0 Å². The third-order valence-electron chi connectivity index (χ3n) is 6.36. The molecule has 10 heteroatoms. The van der Waals surface area contributed by atoms with Gasteiger partial charge in [-0.15, -0.1) is 0 Å². The number of hydrogen-bond donors (Lipinski definition) is 1.